The molecular weight excluding hydrogens is 391 g/mol. The first kappa shape index (κ1) is 23.1. The van der Waals surface area contributed by atoms with Crippen molar-refractivity contribution in [1.29, 1.82) is 0 Å². The van der Waals surface area contributed by atoms with Gasteiger partial charge in [-0.3, -0.25) is 9.32 Å². The van der Waals surface area contributed by atoms with E-state index in [-0.39, 0.29) is 12.8 Å². The van der Waals surface area contributed by atoms with E-state index in [1.54, 1.807) is 39.8 Å². The molecule has 0 saturated heterocycles. The van der Waals surface area contributed by atoms with Crippen LogP contribution in [0.5, 0.6) is 5.75 Å². The number of hydrogen-bond donors (Lipinski definition) is 1. The van der Waals surface area contributed by atoms with Crippen LogP contribution in [0.25, 0.3) is 10.8 Å². The second-order valence-corrected chi connectivity index (χ2v) is 9.94. The second kappa shape index (κ2) is 10.1. The molecule has 0 aliphatic heterocycles. The molecule has 0 spiro atoms. The first-order valence-electron chi connectivity index (χ1n) is 9.49. The number of hydrogen-bond acceptors (Lipinski definition) is 6. The predicted octanol–water partition coefficient (Wildman–Crippen LogP) is 5.30. The normalized spacial score (nSPS) is 14.4. The number of aliphatic hydroxyl groups is 1. The highest BCUT2D eigenvalue weighted by Crippen LogP contribution is 2.50. The fourth-order valence-corrected chi connectivity index (χ4v) is 3.86. The molecule has 2 rings (SSSR count). The minimum absolute atomic E-state index is 0.0709. The number of fused-ring (bicyclic) bond motifs is 1. The van der Waals surface area contributed by atoms with E-state index in [0.717, 1.165) is 16.3 Å². The van der Waals surface area contributed by atoms with Crippen molar-refractivity contribution in [3.8, 4) is 5.75 Å². The minimum atomic E-state index is -3.62. The van der Waals surface area contributed by atoms with E-state index in [4.69, 9.17) is 18.9 Å². The van der Waals surface area contributed by atoms with Gasteiger partial charge in [-0.2, -0.15) is 0 Å². The zero-order valence-corrected chi connectivity index (χ0v) is 18.3. The van der Waals surface area contributed by atoms with Crippen LogP contribution < -0.4 is 4.52 Å². The number of allylic oxidation sites excluding steroid dienone is 1. The van der Waals surface area contributed by atoms with Gasteiger partial charge in [0.1, 0.15) is 5.75 Å². The standard InChI is InChI=1S/C22H29O6P/c1-17(15-23)9-8-14-29(25,27-16-26-21(24)22(2,3)4)28-20-13-7-11-18-10-5-6-12-19(18)20/h5-7,9-13,23H,8,14-16H2,1-4H3/b17-9+. The number of aliphatic hydroxyl groups excluding tert-OH is 1. The van der Waals surface area contributed by atoms with E-state index >= 15 is 0 Å². The average molecular weight is 420 g/mol. The number of rotatable bonds is 9. The molecule has 7 heteroatoms. The number of esters is 1. The molecule has 0 amide bonds. The third-order valence-electron chi connectivity index (χ3n) is 4.18. The van der Waals surface area contributed by atoms with E-state index in [9.17, 15) is 9.36 Å². The van der Waals surface area contributed by atoms with Crippen LogP contribution in [0.3, 0.4) is 0 Å². The lowest BCUT2D eigenvalue weighted by atomic mass is 9.98. The Morgan fingerprint density at radius 2 is 1.83 bits per heavy atom. The van der Waals surface area contributed by atoms with Gasteiger partial charge in [0.15, 0.2) is 0 Å². The Kier molecular flexibility index (Phi) is 8.03. The van der Waals surface area contributed by atoms with Gasteiger partial charge in [0.2, 0.25) is 6.79 Å². The van der Waals surface area contributed by atoms with E-state index in [0.29, 0.717) is 12.2 Å². The molecule has 0 fully saturated rings. The lowest BCUT2D eigenvalue weighted by molar-refractivity contribution is -0.159. The van der Waals surface area contributed by atoms with Crippen molar-refractivity contribution in [3.63, 3.8) is 0 Å². The molecule has 0 heterocycles. The van der Waals surface area contributed by atoms with Crippen LogP contribution in [0.4, 0.5) is 0 Å². The van der Waals surface area contributed by atoms with Crippen LogP contribution >= 0.6 is 7.60 Å². The van der Waals surface area contributed by atoms with Gasteiger partial charge in [0.25, 0.3) is 0 Å². The summed E-state index contributed by atoms with van der Waals surface area (Å²) in [4.78, 5) is 12.0. The summed E-state index contributed by atoms with van der Waals surface area (Å²) in [6, 6.07) is 13.1. The van der Waals surface area contributed by atoms with Crippen LogP contribution in [0, 0.1) is 5.41 Å². The Labute approximate surface area is 172 Å². The molecule has 6 nitrogen and oxygen atoms in total. The lowest BCUT2D eigenvalue weighted by Gasteiger charge is -2.21. The van der Waals surface area contributed by atoms with Gasteiger partial charge in [0, 0.05) is 5.39 Å². The number of carbonyl (C=O) groups is 1. The molecular formula is C22H29O6P. The predicted molar refractivity (Wildman–Crippen MR) is 114 cm³/mol. The average Bonchev–Trinajstić information content (AvgIpc) is 2.67. The van der Waals surface area contributed by atoms with E-state index in [1.807, 2.05) is 36.4 Å². The van der Waals surface area contributed by atoms with Crippen molar-refractivity contribution in [1.82, 2.24) is 0 Å². The second-order valence-electron chi connectivity index (χ2n) is 7.83. The third-order valence-corrected chi connectivity index (χ3v) is 5.96. The fraction of sp³-hybridized carbons (Fsp3) is 0.409. The molecule has 2 aromatic carbocycles. The van der Waals surface area contributed by atoms with Crippen molar-refractivity contribution in [2.45, 2.75) is 34.1 Å². The van der Waals surface area contributed by atoms with Crippen LogP contribution in [0.1, 0.15) is 34.1 Å². The van der Waals surface area contributed by atoms with E-state index in [1.165, 1.54) is 0 Å². The Morgan fingerprint density at radius 3 is 2.52 bits per heavy atom. The fourth-order valence-electron chi connectivity index (χ4n) is 2.47. The highest BCUT2D eigenvalue weighted by molar-refractivity contribution is 7.54. The van der Waals surface area contributed by atoms with Gasteiger partial charge in [-0.1, -0.05) is 48.0 Å². The molecule has 0 aliphatic carbocycles. The van der Waals surface area contributed by atoms with Crippen molar-refractivity contribution >= 4 is 24.3 Å². The maximum Gasteiger partial charge on any atom is 0.382 e. The molecule has 1 unspecified atom stereocenters. The number of carbonyl (C=O) groups excluding carboxylic acids is 1. The van der Waals surface area contributed by atoms with Gasteiger partial charge in [0.05, 0.1) is 18.2 Å². The topological polar surface area (TPSA) is 82.1 Å². The molecule has 2 aromatic rings. The van der Waals surface area contributed by atoms with Crippen molar-refractivity contribution in [3.05, 3.63) is 54.1 Å². The summed E-state index contributed by atoms with van der Waals surface area (Å²) in [5.41, 5.74) is 0.0750. The van der Waals surface area contributed by atoms with Gasteiger partial charge in [-0.25, -0.2) is 4.57 Å². The molecule has 0 saturated carbocycles. The summed E-state index contributed by atoms with van der Waals surface area (Å²) in [6.07, 6.45) is 2.26. The molecule has 158 valence electrons. The van der Waals surface area contributed by atoms with Gasteiger partial charge in [-0.15, -0.1) is 0 Å². The van der Waals surface area contributed by atoms with Crippen molar-refractivity contribution in [2.24, 2.45) is 5.41 Å². The summed E-state index contributed by atoms with van der Waals surface area (Å²) < 4.78 is 29.8. The van der Waals surface area contributed by atoms with Crippen LogP contribution in [0.2, 0.25) is 0 Å². The maximum atomic E-state index is 13.4. The summed E-state index contributed by atoms with van der Waals surface area (Å²) >= 11 is 0. The zero-order chi connectivity index (χ0) is 21.5. The smallest absolute Gasteiger partial charge is 0.382 e. The molecule has 0 aromatic heterocycles. The Balaban J connectivity index is 2.19. The van der Waals surface area contributed by atoms with Gasteiger partial charge in [-0.05, 0) is 45.6 Å². The summed E-state index contributed by atoms with van der Waals surface area (Å²) in [5, 5.41) is 10.9. The maximum absolute atomic E-state index is 13.4. The van der Waals surface area contributed by atoms with E-state index in [2.05, 4.69) is 0 Å². The lowest BCUT2D eigenvalue weighted by Crippen LogP contribution is -2.24. The van der Waals surface area contributed by atoms with Crippen LogP contribution in [-0.4, -0.2) is 30.6 Å². The van der Waals surface area contributed by atoms with Gasteiger partial charge < -0.3 is 14.4 Å². The van der Waals surface area contributed by atoms with Crippen LogP contribution in [-0.2, 0) is 18.6 Å². The molecule has 0 bridgehead atoms. The monoisotopic (exact) mass is 420 g/mol. The third kappa shape index (κ3) is 7.00. The Morgan fingerprint density at radius 1 is 1.14 bits per heavy atom. The summed E-state index contributed by atoms with van der Waals surface area (Å²) in [6.45, 7) is 6.43. The molecule has 29 heavy (non-hydrogen) atoms. The molecule has 0 aliphatic rings. The highest BCUT2D eigenvalue weighted by atomic mass is 31.2. The van der Waals surface area contributed by atoms with E-state index < -0.39 is 25.8 Å². The Hall–Kier alpha value is -2.14. The molecule has 0 radical (unpaired) electrons. The van der Waals surface area contributed by atoms with Gasteiger partial charge >= 0.3 is 13.6 Å². The minimum Gasteiger partial charge on any atom is -0.438 e. The summed E-state index contributed by atoms with van der Waals surface area (Å²) in [7, 11) is -3.62. The summed E-state index contributed by atoms with van der Waals surface area (Å²) in [5.74, 6) is -0.0123. The van der Waals surface area contributed by atoms with Crippen LogP contribution in [0.15, 0.2) is 54.1 Å². The number of benzene rings is 2. The quantitative estimate of drug-likeness (QED) is 0.256. The van der Waals surface area contributed by atoms with Crippen molar-refractivity contribution in [2.75, 3.05) is 19.6 Å². The Bertz CT molecular complexity index is 908. The first-order valence-corrected chi connectivity index (χ1v) is 11.2. The molecule has 1 N–H and O–H groups in total. The largest absolute Gasteiger partial charge is 0.438 e. The zero-order valence-electron chi connectivity index (χ0n) is 17.4. The highest BCUT2D eigenvalue weighted by Gasteiger charge is 2.29. The first-order chi connectivity index (χ1) is 13.6. The number of ether oxygens (including phenoxy) is 1. The van der Waals surface area contributed by atoms with Crippen molar-refractivity contribution < 1.29 is 28.3 Å². The molecule has 1 atom stereocenters. The SMILES string of the molecule is C/C(=C\CCP(=O)(OCOC(=O)C(C)(C)C)Oc1cccc2ccccc12)CO.